The molecule has 0 unspecified atom stereocenters. The molecule has 2 aliphatic carbocycles. The standard InChI is InChI=1S/C30H25Cl2F4NO7/c31-21-12-37(39)13-22(32)20(21)11-25(18-5-7-23(43-29(33)34)26(9-18)40-14-16-1-2-16)42-28(38)19-6-8-24(44-30(35)36)27(10-19)41-15-17-3-4-17/h5-13,16-17,29-30H,1-4,14-15H2. The van der Waals surface area contributed by atoms with Gasteiger partial charge < -0.3 is 28.9 Å². The number of alkyl halides is 4. The highest BCUT2D eigenvalue weighted by molar-refractivity contribution is 6.37. The number of hydrogen-bond donors (Lipinski definition) is 0. The molecule has 0 aliphatic heterocycles. The number of carbonyl (C=O) groups excluding carboxylic acids is 1. The maximum atomic E-state index is 13.4. The van der Waals surface area contributed by atoms with Crippen molar-refractivity contribution in [3.63, 3.8) is 0 Å². The van der Waals surface area contributed by atoms with E-state index in [1.54, 1.807) is 0 Å². The van der Waals surface area contributed by atoms with Crippen LogP contribution in [0.15, 0.2) is 48.8 Å². The van der Waals surface area contributed by atoms with Gasteiger partial charge in [-0.25, -0.2) is 4.79 Å². The van der Waals surface area contributed by atoms with Crippen LogP contribution in [-0.2, 0) is 4.74 Å². The van der Waals surface area contributed by atoms with Crippen LogP contribution in [0, 0.1) is 17.0 Å². The minimum atomic E-state index is -3.12. The number of rotatable bonds is 14. The highest BCUT2D eigenvalue weighted by atomic mass is 35.5. The number of halogens is 6. The second kappa shape index (κ2) is 13.8. The third-order valence-corrected chi connectivity index (χ3v) is 7.26. The Hall–Kier alpha value is -3.90. The maximum absolute atomic E-state index is 13.4. The first-order valence-electron chi connectivity index (χ1n) is 13.5. The first-order chi connectivity index (χ1) is 21.0. The van der Waals surface area contributed by atoms with E-state index in [0.717, 1.165) is 44.1 Å². The van der Waals surface area contributed by atoms with Crippen LogP contribution in [0.25, 0.3) is 11.8 Å². The summed E-state index contributed by atoms with van der Waals surface area (Å²) in [6.07, 6.45) is 7.10. The van der Waals surface area contributed by atoms with Crippen molar-refractivity contribution in [2.24, 2.45) is 11.8 Å². The molecule has 5 rings (SSSR count). The fraction of sp³-hybridized carbons (Fsp3) is 0.333. The first-order valence-corrected chi connectivity index (χ1v) is 14.3. The van der Waals surface area contributed by atoms with E-state index in [2.05, 4.69) is 9.47 Å². The highest BCUT2D eigenvalue weighted by Crippen LogP contribution is 2.38. The van der Waals surface area contributed by atoms with Crippen molar-refractivity contribution in [2.45, 2.75) is 38.9 Å². The van der Waals surface area contributed by atoms with Crippen molar-refractivity contribution in [1.29, 1.82) is 0 Å². The van der Waals surface area contributed by atoms with Gasteiger partial charge in [0.1, 0.15) is 15.8 Å². The van der Waals surface area contributed by atoms with E-state index in [-0.39, 0.29) is 80.5 Å². The number of pyridine rings is 1. The van der Waals surface area contributed by atoms with Gasteiger partial charge in [0.05, 0.1) is 18.8 Å². The van der Waals surface area contributed by atoms with Gasteiger partial charge in [-0.2, -0.15) is 22.3 Å². The summed E-state index contributed by atoms with van der Waals surface area (Å²) in [6, 6.07) is 7.52. The monoisotopic (exact) mass is 657 g/mol. The fourth-order valence-electron chi connectivity index (χ4n) is 4.01. The lowest BCUT2D eigenvalue weighted by Gasteiger charge is -2.16. The number of carbonyl (C=O) groups is 1. The molecule has 0 N–H and O–H groups in total. The Bertz CT molecular complexity index is 1520. The molecule has 0 bridgehead atoms. The summed E-state index contributed by atoms with van der Waals surface area (Å²) < 4.78 is 78.8. The van der Waals surface area contributed by atoms with Crippen LogP contribution in [0.5, 0.6) is 23.0 Å². The summed E-state index contributed by atoms with van der Waals surface area (Å²) in [5, 5.41) is 11.6. The molecule has 1 heterocycles. The van der Waals surface area contributed by atoms with E-state index in [0.29, 0.717) is 4.73 Å². The molecule has 44 heavy (non-hydrogen) atoms. The minimum Gasteiger partial charge on any atom is -0.619 e. The van der Waals surface area contributed by atoms with E-state index in [1.165, 1.54) is 36.4 Å². The zero-order chi connectivity index (χ0) is 31.4. The minimum absolute atomic E-state index is 0.0245. The Balaban J connectivity index is 1.51. The van der Waals surface area contributed by atoms with Crippen molar-refractivity contribution in [3.8, 4) is 23.0 Å². The molecule has 2 aromatic carbocycles. The Morgan fingerprint density at radius 1 is 0.818 bits per heavy atom. The molecule has 14 heteroatoms. The Labute approximate surface area is 259 Å². The number of ether oxygens (including phenoxy) is 5. The molecule has 8 nitrogen and oxygen atoms in total. The molecule has 2 fully saturated rings. The van der Waals surface area contributed by atoms with Gasteiger partial charge in [0.2, 0.25) is 0 Å². The lowest BCUT2D eigenvalue weighted by atomic mass is 10.1. The molecule has 2 aliphatic rings. The van der Waals surface area contributed by atoms with Crippen LogP contribution in [0.4, 0.5) is 17.6 Å². The Morgan fingerprint density at radius 2 is 1.30 bits per heavy atom. The molecule has 234 valence electrons. The maximum Gasteiger partial charge on any atom is 0.387 e. The summed E-state index contributed by atoms with van der Waals surface area (Å²) >= 11 is 12.5. The number of hydrogen-bond acceptors (Lipinski definition) is 7. The van der Waals surface area contributed by atoms with Crippen molar-refractivity contribution in [3.05, 3.63) is 80.7 Å². The summed E-state index contributed by atoms with van der Waals surface area (Å²) in [5.74, 6) is -1.12. The molecular weight excluding hydrogens is 633 g/mol. The first kappa shape index (κ1) is 31.5. The number of benzene rings is 2. The SMILES string of the molecule is O=C(OC(=Cc1c(Cl)c[n+]([O-])cc1Cl)c1ccc(OC(F)F)c(OCC2CC2)c1)c1ccc(OC(F)F)c(OCC2CC2)c1. The Kier molecular flexibility index (Phi) is 9.90. The van der Waals surface area contributed by atoms with E-state index in [1.807, 2.05) is 0 Å². The normalized spacial score (nSPS) is 15.0. The molecule has 0 spiro atoms. The highest BCUT2D eigenvalue weighted by Gasteiger charge is 2.26. The lowest BCUT2D eigenvalue weighted by Crippen LogP contribution is -2.24. The second-order valence-corrected chi connectivity index (χ2v) is 11.0. The van der Waals surface area contributed by atoms with Gasteiger partial charge in [-0.05, 0) is 80.0 Å². The van der Waals surface area contributed by atoms with Crippen LogP contribution in [0.3, 0.4) is 0 Å². The molecule has 0 amide bonds. The van der Waals surface area contributed by atoms with Crippen molar-refractivity contribution in [1.82, 2.24) is 0 Å². The zero-order valence-electron chi connectivity index (χ0n) is 22.8. The van der Waals surface area contributed by atoms with E-state index < -0.39 is 19.2 Å². The molecule has 1 aromatic heterocycles. The predicted molar refractivity (Wildman–Crippen MR) is 151 cm³/mol. The van der Waals surface area contributed by atoms with Gasteiger partial charge in [-0.1, -0.05) is 23.2 Å². The van der Waals surface area contributed by atoms with Gasteiger partial charge in [0.15, 0.2) is 35.4 Å². The number of aromatic nitrogens is 1. The smallest absolute Gasteiger partial charge is 0.387 e. The molecule has 2 saturated carbocycles. The predicted octanol–water partition coefficient (Wildman–Crippen LogP) is 7.76. The third kappa shape index (κ3) is 8.60. The van der Waals surface area contributed by atoms with E-state index in [9.17, 15) is 27.6 Å². The van der Waals surface area contributed by atoms with Crippen molar-refractivity contribution >= 4 is 41.0 Å². The van der Waals surface area contributed by atoms with Gasteiger partial charge >= 0.3 is 19.2 Å². The van der Waals surface area contributed by atoms with Gasteiger partial charge in [0.25, 0.3) is 0 Å². The topological polar surface area (TPSA) is 90.2 Å². The molecule has 3 aromatic rings. The fourth-order valence-corrected chi connectivity index (χ4v) is 4.56. The molecule has 0 radical (unpaired) electrons. The number of nitrogens with zero attached hydrogens (tertiary/aromatic N) is 1. The quantitative estimate of drug-likeness (QED) is 0.0575. The van der Waals surface area contributed by atoms with Crippen LogP contribution in [0.2, 0.25) is 10.0 Å². The average molecular weight is 658 g/mol. The van der Waals surface area contributed by atoms with Gasteiger partial charge in [0, 0.05) is 11.1 Å². The zero-order valence-corrected chi connectivity index (χ0v) is 24.3. The van der Waals surface area contributed by atoms with Gasteiger partial charge in [-0.3, -0.25) is 0 Å². The molecule has 0 atom stereocenters. The van der Waals surface area contributed by atoms with Crippen molar-refractivity contribution in [2.75, 3.05) is 13.2 Å². The van der Waals surface area contributed by atoms with E-state index in [4.69, 9.17) is 37.4 Å². The summed E-state index contributed by atoms with van der Waals surface area (Å²) in [5.41, 5.74) is 0.221. The number of esters is 1. The Morgan fingerprint density at radius 3 is 1.77 bits per heavy atom. The van der Waals surface area contributed by atoms with Crippen LogP contribution < -0.4 is 23.7 Å². The van der Waals surface area contributed by atoms with Crippen molar-refractivity contribution < 1.29 is 50.8 Å². The summed E-state index contributed by atoms with van der Waals surface area (Å²) in [6.45, 7) is -5.72. The molecule has 0 saturated heterocycles. The summed E-state index contributed by atoms with van der Waals surface area (Å²) in [7, 11) is 0. The second-order valence-electron chi connectivity index (χ2n) is 10.2. The van der Waals surface area contributed by atoms with Gasteiger partial charge in [-0.15, -0.1) is 0 Å². The van der Waals surface area contributed by atoms with E-state index >= 15 is 0 Å². The molecular formula is C30H25Cl2F4NO7. The summed E-state index contributed by atoms with van der Waals surface area (Å²) in [4.78, 5) is 13.4. The largest absolute Gasteiger partial charge is 0.619 e. The lowest BCUT2D eigenvalue weighted by molar-refractivity contribution is -0.605. The van der Waals surface area contributed by atoms with Crippen LogP contribution in [0.1, 0.15) is 47.2 Å². The van der Waals surface area contributed by atoms with Crippen LogP contribution >= 0.6 is 23.2 Å². The average Bonchev–Trinajstić information content (AvgIpc) is 3.88. The third-order valence-electron chi connectivity index (χ3n) is 6.66. The van der Waals surface area contributed by atoms with Crippen LogP contribution in [-0.4, -0.2) is 32.4 Å².